The average molecular weight is 554 g/mol. The molecular formula is C26H20ClN3O7S. The summed E-state index contributed by atoms with van der Waals surface area (Å²) in [7, 11) is 1.42. The number of nitrogens with zero attached hydrogens (tertiary/aromatic N) is 2. The van der Waals surface area contributed by atoms with Crippen LogP contribution in [-0.4, -0.2) is 36.2 Å². The van der Waals surface area contributed by atoms with E-state index in [0.717, 1.165) is 10.1 Å². The molecule has 0 aliphatic heterocycles. The van der Waals surface area contributed by atoms with E-state index in [0.29, 0.717) is 10.6 Å². The zero-order chi connectivity index (χ0) is 27.2. The maximum absolute atomic E-state index is 12.8. The van der Waals surface area contributed by atoms with E-state index in [4.69, 9.17) is 25.8 Å². The molecule has 0 bridgehead atoms. The van der Waals surface area contributed by atoms with Crippen molar-refractivity contribution in [1.82, 2.24) is 5.43 Å². The first-order valence-electron chi connectivity index (χ1n) is 11.1. The van der Waals surface area contributed by atoms with Crippen LogP contribution in [0, 0.1) is 10.1 Å². The predicted octanol–water partition coefficient (Wildman–Crippen LogP) is 5.61. The molecule has 1 N–H and O–H groups in total. The predicted molar refractivity (Wildman–Crippen MR) is 144 cm³/mol. The van der Waals surface area contributed by atoms with Crippen LogP contribution >= 0.6 is 22.9 Å². The van der Waals surface area contributed by atoms with Gasteiger partial charge < -0.3 is 14.2 Å². The molecule has 0 fully saturated rings. The Kier molecular flexibility index (Phi) is 8.19. The highest BCUT2D eigenvalue weighted by Crippen LogP contribution is 2.37. The molecule has 1 aromatic heterocycles. The van der Waals surface area contributed by atoms with Crippen LogP contribution in [0.15, 0.2) is 71.8 Å². The smallest absolute Gasteiger partial charge is 0.355 e. The molecular weight excluding hydrogens is 534 g/mol. The number of hydrazone groups is 1. The highest BCUT2D eigenvalue weighted by atomic mass is 35.5. The van der Waals surface area contributed by atoms with Crippen molar-refractivity contribution >= 4 is 56.8 Å². The molecule has 0 aliphatic carbocycles. The number of benzene rings is 3. The Morgan fingerprint density at radius 2 is 1.82 bits per heavy atom. The first-order valence-corrected chi connectivity index (χ1v) is 12.3. The van der Waals surface area contributed by atoms with Crippen LogP contribution in [0.3, 0.4) is 0 Å². The van der Waals surface area contributed by atoms with Gasteiger partial charge in [0.25, 0.3) is 5.91 Å². The summed E-state index contributed by atoms with van der Waals surface area (Å²) in [5.74, 6) is -0.818. The van der Waals surface area contributed by atoms with E-state index in [1.54, 1.807) is 18.2 Å². The second-order valence-corrected chi connectivity index (χ2v) is 9.19. The number of nitro groups is 1. The van der Waals surface area contributed by atoms with E-state index in [1.807, 2.05) is 24.3 Å². The second-order valence-electron chi connectivity index (χ2n) is 7.76. The third-order valence-corrected chi connectivity index (χ3v) is 6.89. The number of methoxy groups -OCH3 is 1. The number of esters is 1. The molecule has 1 heterocycles. The van der Waals surface area contributed by atoms with Crippen LogP contribution in [-0.2, 0) is 4.79 Å². The summed E-state index contributed by atoms with van der Waals surface area (Å²) >= 11 is 7.61. The van der Waals surface area contributed by atoms with Crippen molar-refractivity contribution in [3.63, 3.8) is 0 Å². The highest BCUT2D eigenvalue weighted by Gasteiger charge is 2.22. The van der Waals surface area contributed by atoms with E-state index in [1.165, 1.54) is 55.9 Å². The fraction of sp³-hybridized carbons (Fsp3) is 0.115. The summed E-state index contributed by atoms with van der Waals surface area (Å²) in [6.45, 7) is 1.44. The third-order valence-electron chi connectivity index (χ3n) is 5.23. The van der Waals surface area contributed by atoms with Gasteiger partial charge in [-0.15, -0.1) is 11.3 Å². The number of hydrogen-bond donors (Lipinski definition) is 1. The van der Waals surface area contributed by atoms with Crippen molar-refractivity contribution in [2.45, 2.75) is 13.0 Å². The Morgan fingerprint density at radius 3 is 2.55 bits per heavy atom. The van der Waals surface area contributed by atoms with Gasteiger partial charge in [-0.25, -0.2) is 10.2 Å². The summed E-state index contributed by atoms with van der Waals surface area (Å²) in [4.78, 5) is 35.9. The summed E-state index contributed by atoms with van der Waals surface area (Å²) in [6, 6.07) is 17.9. The molecule has 1 unspecified atom stereocenters. The molecule has 38 heavy (non-hydrogen) atoms. The molecule has 0 aliphatic rings. The molecule has 10 nitrogen and oxygen atoms in total. The SMILES string of the molecule is COc1cc(/C=N/NC(=O)C(C)Oc2ccccc2[N+](=O)[O-])ccc1OC(=O)c1sc2ccccc2c1Cl. The third kappa shape index (κ3) is 5.90. The van der Waals surface area contributed by atoms with Crippen LogP contribution < -0.4 is 19.6 Å². The van der Waals surface area contributed by atoms with Gasteiger partial charge in [0.15, 0.2) is 23.4 Å². The fourth-order valence-corrected chi connectivity index (χ4v) is 4.74. The van der Waals surface area contributed by atoms with Crippen LogP contribution in [0.1, 0.15) is 22.2 Å². The average Bonchev–Trinajstić information content (AvgIpc) is 3.26. The van der Waals surface area contributed by atoms with Crippen molar-refractivity contribution in [3.8, 4) is 17.2 Å². The van der Waals surface area contributed by atoms with Crippen molar-refractivity contribution in [1.29, 1.82) is 0 Å². The van der Waals surface area contributed by atoms with Gasteiger partial charge >= 0.3 is 11.7 Å². The van der Waals surface area contributed by atoms with E-state index in [-0.39, 0.29) is 27.8 Å². The zero-order valence-corrected chi connectivity index (χ0v) is 21.6. The molecule has 12 heteroatoms. The van der Waals surface area contributed by atoms with Gasteiger partial charge in [-0.1, -0.05) is 41.9 Å². The maximum Gasteiger partial charge on any atom is 0.355 e. The molecule has 0 spiro atoms. The van der Waals surface area contributed by atoms with E-state index < -0.39 is 22.9 Å². The molecule has 1 amide bonds. The number of fused-ring (bicyclic) bond motifs is 1. The topological polar surface area (TPSA) is 129 Å². The lowest BCUT2D eigenvalue weighted by Crippen LogP contribution is -2.33. The standard InChI is InChI=1S/C26H20ClN3O7S/c1-15(36-19-9-5-4-8-18(19)30(33)34)25(31)29-28-14-16-11-12-20(21(13-16)35-2)37-26(32)24-23(27)17-7-3-6-10-22(17)38-24/h3-15H,1-2H3,(H,29,31)/b28-14+. The van der Waals surface area contributed by atoms with Crippen molar-refractivity contribution in [2.24, 2.45) is 5.10 Å². The number of amides is 1. The van der Waals surface area contributed by atoms with Gasteiger partial charge in [-0.3, -0.25) is 14.9 Å². The van der Waals surface area contributed by atoms with Gasteiger partial charge in [0, 0.05) is 16.2 Å². The summed E-state index contributed by atoms with van der Waals surface area (Å²) in [5.41, 5.74) is 2.61. The number of nitrogens with one attached hydrogen (secondary N) is 1. The maximum atomic E-state index is 12.8. The number of halogens is 1. The number of hydrogen-bond acceptors (Lipinski definition) is 9. The Labute approximate surface area is 225 Å². The Hall–Kier alpha value is -4.48. The molecule has 0 saturated carbocycles. The van der Waals surface area contributed by atoms with E-state index in [2.05, 4.69) is 10.5 Å². The number of ether oxygens (including phenoxy) is 3. The molecule has 1 atom stereocenters. The summed E-state index contributed by atoms with van der Waals surface area (Å²) in [5, 5.41) is 16.1. The minimum Gasteiger partial charge on any atom is -0.493 e. The van der Waals surface area contributed by atoms with Gasteiger partial charge in [-0.05, 0) is 42.8 Å². The molecule has 4 aromatic rings. The largest absolute Gasteiger partial charge is 0.493 e. The monoisotopic (exact) mass is 553 g/mol. The Bertz CT molecular complexity index is 1550. The minimum atomic E-state index is -1.05. The fourth-order valence-electron chi connectivity index (χ4n) is 3.35. The zero-order valence-electron chi connectivity index (χ0n) is 20.0. The number of nitro benzene ring substituents is 1. The number of para-hydroxylation sites is 2. The molecule has 0 radical (unpaired) electrons. The van der Waals surface area contributed by atoms with Crippen LogP contribution in [0.5, 0.6) is 17.2 Å². The summed E-state index contributed by atoms with van der Waals surface area (Å²) in [6.07, 6.45) is 0.303. The first-order chi connectivity index (χ1) is 18.3. The number of thiophene rings is 1. The van der Waals surface area contributed by atoms with Crippen molar-refractivity contribution in [3.05, 3.63) is 92.3 Å². The lowest BCUT2D eigenvalue weighted by molar-refractivity contribution is -0.386. The Balaban J connectivity index is 1.40. The van der Waals surface area contributed by atoms with Crippen LogP contribution in [0.2, 0.25) is 5.02 Å². The van der Waals surface area contributed by atoms with Gasteiger partial charge in [0.1, 0.15) is 4.88 Å². The van der Waals surface area contributed by atoms with Crippen molar-refractivity contribution in [2.75, 3.05) is 7.11 Å². The summed E-state index contributed by atoms with van der Waals surface area (Å²) < 4.78 is 17.2. The van der Waals surface area contributed by atoms with Crippen LogP contribution in [0.25, 0.3) is 10.1 Å². The number of carbonyl (C=O) groups excluding carboxylic acids is 2. The normalized spacial score (nSPS) is 11.8. The van der Waals surface area contributed by atoms with E-state index in [9.17, 15) is 19.7 Å². The second kappa shape index (κ2) is 11.7. The minimum absolute atomic E-state index is 0.0315. The number of carbonyl (C=O) groups is 2. The molecule has 0 saturated heterocycles. The van der Waals surface area contributed by atoms with E-state index >= 15 is 0 Å². The first kappa shape index (κ1) is 26.6. The van der Waals surface area contributed by atoms with Gasteiger partial charge in [0.05, 0.1) is 23.3 Å². The van der Waals surface area contributed by atoms with Gasteiger partial charge in [0.2, 0.25) is 0 Å². The molecule has 3 aromatic carbocycles. The lowest BCUT2D eigenvalue weighted by atomic mass is 10.2. The lowest BCUT2D eigenvalue weighted by Gasteiger charge is -2.12. The quantitative estimate of drug-likeness (QED) is 0.0937. The molecule has 194 valence electrons. The Morgan fingerprint density at radius 1 is 1.08 bits per heavy atom. The number of rotatable bonds is 9. The van der Waals surface area contributed by atoms with Crippen molar-refractivity contribution < 1.29 is 28.7 Å². The van der Waals surface area contributed by atoms with Crippen LogP contribution in [0.4, 0.5) is 5.69 Å². The van der Waals surface area contributed by atoms with Gasteiger partial charge in [-0.2, -0.15) is 5.10 Å². The molecule has 4 rings (SSSR count). The highest BCUT2D eigenvalue weighted by molar-refractivity contribution is 7.21.